The second kappa shape index (κ2) is 7.00. The van der Waals surface area contributed by atoms with Crippen molar-refractivity contribution in [1.82, 2.24) is 4.98 Å². The van der Waals surface area contributed by atoms with Crippen LogP contribution in [0.15, 0.2) is 52.2 Å². The van der Waals surface area contributed by atoms with E-state index in [4.69, 9.17) is 0 Å². The van der Waals surface area contributed by atoms with E-state index in [1.54, 1.807) is 11.8 Å². The maximum atomic E-state index is 12.7. The molecule has 0 saturated heterocycles. The summed E-state index contributed by atoms with van der Waals surface area (Å²) in [7, 11) is 0. The number of hydrogen-bond acceptors (Lipinski definition) is 3. The third kappa shape index (κ3) is 3.03. The first-order valence-electron chi connectivity index (χ1n) is 8.88. The van der Waals surface area contributed by atoms with Crippen molar-refractivity contribution in [2.75, 3.05) is 11.1 Å². The maximum Gasteiger partial charge on any atom is 0.256 e. The summed E-state index contributed by atoms with van der Waals surface area (Å²) >= 11 is 1.65. The van der Waals surface area contributed by atoms with Crippen molar-refractivity contribution >= 4 is 34.3 Å². The van der Waals surface area contributed by atoms with Crippen LogP contribution in [0.5, 0.6) is 0 Å². The Kier molecular flexibility index (Phi) is 4.55. The Hall–Kier alpha value is -2.53. The Morgan fingerprint density at radius 2 is 1.96 bits per heavy atom. The molecule has 26 heavy (non-hydrogen) atoms. The molecule has 0 aliphatic heterocycles. The van der Waals surface area contributed by atoms with Crippen LogP contribution >= 0.6 is 11.8 Å². The van der Waals surface area contributed by atoms with Gasteiger partial charge in [0.2, 0.25) is 0 Å². The number of benzene rings is 2. The zero-order valence-electron chi connectivity index (χ0n) is 14.6. The number of H-pyrrole nitrogens is 1. The number of thioether (sulfide) groups is 1. The van der Waals surface area contributed by atoms with Crippen LogP contribution in [0.2, 0.25) is 0 Å². The van der Waals surface area contributed by atoms with Gasteiger partial charge in [-0.1, -0.05) is 25.1 Å². The molecule has 3 aromatic rings. The standard InChI is InChI=1S/C21H20N2O2S/c1-2-26-19-9-4-3-6-17(19)21(25)22-13-10-11-15-14-7-5-8-16(14)20(24)23-18(15)12-13/h3-4,6,9-12H,2,5,7-8H2,1H3,(H,22,25)(H,23,24). The minimum Gasteiger partial charge on any atom is -0.322 e. The van der Waals surface area contributed by atoms with Crippen LogP contribution in [0, 0.1) is 0 Å². The molecule has 1 amide bonds. The van der Waals surface area contributed by atoms with Gasteiger partial charge in [-0.3, -0.25) is 9.59 Å². The molecule has 1 aromatic heterocycles. The molecular weight excluding hydrogens is 344 g/mol. The molecule has 4 nitrogen and oxygen atoms in total. The second-order valence-corrected chi connectivity index (χ2v) is 7.71. The molecule has 0 radical (unpaired) electrons. The number of rotatable bonds is 4. The summed E-state index contributed by atoms with van der Waals surface area (Å²) in [5.74, 6) is 0.775. The van der Waals surface area contributed by atoms with Gasteiger partial charge in [0.1, 0.15) is 0 Å². The number of aromatic nitrogens is 1. The largest absolute Gasteiger partial charge is 0.322 e. The van der Waals surface area contributed by atoms with Gasteiger partial charge in [-0.25, -0.2) is 0 Å². The first kappa shape index (κ1) is 16.9. The lowest BCUT2D eigenvalue weighted by atomic mass is 10.1. The highest BCUT2D eigenvalue weighted by Gasteiger charge is 2.18. The molecule has 132 valence electrons. The predicted molar refractivity (Wildman–Crippen MR) is 107 cm³/mol. The highest BCUT2D eigenvalue weighted by atomic mass is 32.2. The summed E-state index contributed by atoms with van der Waals surface area (Å²) in [5.41, 5.74) is 4.21. The third-order valence-corrected chi connectivity index (χ3v) is 5.73. The van der Waals surface area contributed by atoms with Crippen molar-refractivity contribution in [1.29, 1.82) is 0 Å². The lowest BCUT2D eigenvalue weighted by Gasteiger charge is -2.11. The van der Waals surface area contributed by atoms with Crippen LogP contribution in [-0.2, 0) is 12.8 Å². The highest BCUT2D eigenvalue weighted by Crippen LogP contribution is 2.28. The van der Waals surface area contributed by atoms with Crippen molar-refractivity contribution in [3.63, 3.8) is 0 Å². The first-order chi connectivity index (χ1) is 12.7. The topological polar surface area (TPSA) is 62.0 Å². The number of pyridine rings is 1. The summed E-state index contributed by atoms with van der Waals surface area (Å²) < 4.78 is 0. The monoisotopic (exact) mass is 364 g/mol. The lowest BCUT2D eigenvalue weighted by molar-refractivity contribution is 0.102. The van der Waals surface area contributed by atoms with Gasteiger partial charge < -0.3 is 10.3 Å². The van der Waals surface area contributed by atoms with E-state index in [-0.39, 0.29) is 11.5 Å². The number of aromatic amines is 1. The molecule has 2 N–H and O–H groups in total. The normalized spacial score (nSPS) is 13.0. The molecule has 0 fully saturated rings. The van der Waals surface area contributed by atoms with Gasteiger partial charge >= 0.3 is 0 Å². The van der Waals surface area contributed by atoms with Gasteiger partial charge in [0.15, 0.2) is 0 Å². The summed E-state index contributed by atoms with van der Waals surface area (Å²) in [6.07, 6.45) is 2.83. The molecule has 0 unspecified atom stereocenters. The number of fused-ring (bicyclic) bond motifs is 3. The third-order valence-electron chi connectivity index (χ3n) is 4.77. The molecule has 1 heterocycles. The fourth-order valence-corrected chi connectivity index (χ4v) is 4.41. The van der Waals surface area contributed by atoms with E-state index in [2.05, 4.69) is 17.2 Å². The molecule has 0 atom stereocenters. The molecule has 0 saturated carbocycles. The average molecular weight is 364 g/mol. The van der Waals surface area contributed by atoms with Crippen LogP contribution in [0.3, 0.4) is 0 Å². The summed E-state index contributed by atoms with van der Waals surface area (Å²) in [6.45, 7) is 2.07. The van der Waals surface area contributed by atoms with Crippen molar-refractivity contribution in [2.45, 2.75) is 31.1 Å². The summed E-state index contributed by atoms with van der Waals surface area (Å²) in [4.78, 5) is 28.9. The number of carbonyl (C=O) groups is 1. The highest BCUT2D eigenvalue weighted by molar-refractivity contribution is 7.99. The zero-order chi connectivity index (χ0) is 18.1. The van der Waals surface area contributed by atoms with Crippen molar-refractivity contribution in [3.8, 4) is 0 Å². The van der Waals surface area contributed by atoms with Gasteiger partial charge in [0, 0.05) is 21.5 Å². The minimum absolute atomic E-state index is 0.00170. The Balaban J connectivity index is 1.67. The van der Waals surface area contributed by atoms with Gasteiger partial charge in [-0.2, -0.15) is 0 Å². The minimum atomic E-state index is -0.135. The first-order valence-corrected chi connectivity index (χ1v) is 9.87. The maximum absolute atomic E-state index is 12.7. The zero-order valence-corrected chi connectivity index (χ0v) is 15.4. The lowest BCUT2D eigenvalue weighted by Crippen LogP contribution is -2.14. The van der Waals surface area contributed by atoms with Crippen LogP contribution in [0.4, 0.5) is 5.69 Å². The number of anilines is 1. The van der Waals surface area contributed by atoms with E-state index in [0.29, 0.717) is 11.3 Å². The predicted octanol–water partition coefficient (Wildman–Crippen LogP) is 4.38. The molecule has 2 aromatic carbocycles. The fraction of sp³-hybridized carbons (Fsp3) is 0.238. The Labute approximate surface area is 156 Å². The molecule has 0 spiro atoms. The Bertz CT molecular complexity index is 1060. The van der Waals surface area contributed by atoms with E-state index in [0.717, 1.165) is 51.9 Å². The van der Waals surface area contributed by atoms with Gasteiger partial charge in [-0.15, -0.1) is 11.8 Å². The van der Waals surface area contributed by atoms with Gasteiger partial charge in [-0.05, 0) is 54.8 Å². The van der Waals surface area contributed by atoms with Crippen LogP contribution in [0.25, 0.3) is 10.9 Å². The smallest absolute Gasteiger partial charge is 0.256 e. The van der Waals surface area contributed by atoms with Crippen LogP contribution in [-0.4, -0.2) is 16.6 Å². The molecule has 1 aliphatic rings. The number of amides is 1. The van der Waals surface area contributed by atoms with Crippen LogP contribution < -0.4 is 10.9 Å². The fourth-order valence-electron chi connectivity index (χ4n) is 3.61. The SMILES string of the molecule is CCSc1ccccc1C(=O)Nc1ccc2c3c(c(=O)[nH]c2c1)CCC3. The van der Waals surface area contributed by atoms with Crippen molar-refractivity contribution < 1.29 is 4.79 Å². The van der Waals surface area contributed by atoms with Gasteiger partial charge in [0.25, 0.3) is 11.5 Å². The Morgan fingerprint density at radius 1 is 1.15 bits per heavy atom. The molecule has 0 bridgehead atoms. The van der Waals surface area contributed by atoms with E-state index in [9.17, 15) is 9.59 Å². The average Bonchev–Trinajstić information content (AvgIpc) is 3.13. The molecule has 4 rings (SSSR count). The molecule has 5 heteroatoms. The summed E-state index contributed by atoms with van der Waals surface area (Å²) in [6, 6.07) is 13.4. The van der Waals surface area contributed by atoms with Crippen molar-refractivity contribution in [2.24, 2.45) is 0 Å². The number of hydrogen-bond donors (Lipinski definition) is 2. The molecule has 1 aliphatic carbocycles. The molecular formula is C21H20N2O2S. The van der Waals surface area contributed by atoms with Crippen LogP contribution in [0.1, 0.15) is 34.8 Å². The number of carbonyl (C=O) groups excluding carboxylic acids is 1. The van der Waals surface area contributed by atoms with E-state index in [1.165, 1.54) is 0 Å². The Morgan fingerprint density at radius 3 is 2.81 bits per heavy atom. The number of nitrogens with one attached hydrogen (secondary N) is 2. The van der Waals surface area contributed by atoms with Crippen molar-refractivity contribution in [3.05, 3.63) is 69.5 Å². The number of aryl methyl sites for hydroxylation is 1. The van der Waals surface area contributed by atoms with E-state index >= 15 is 0 Å². The quantitative estimate of drug-likeness (QED) is 0.675. The van der Waals surface area contributed by atoms with E-state index < -0.39 is 0 Å². The summed E-state index contributed by atoms with van der Waals surface area (Å²) in [5, 5.41) is 4.04. The van der Waals surface area contributed by atoms with Gasteiger partial charge in [0.05, 0.1) is 11.1 Å². The second-order valence-electron chi connectivity index (χ2n) is 6.41. The van der Waals surface area contributed by atoms with E-state index in [1.807, 2.05) is 42.5 Å².